The molecule has 0 amide bonds. The van der Waals surface area contributed by atoms with Gasteiger partial charge in [-0.15, -0.1) is 0 Å². The molecule has 136 valence electrons. The van der Waals surface area contributed by atoms with Crippen molar-refractivity contribution in [3.63, 3.8) is 0 Å². The van der Waals surface area contributed by atoms with E-state index in [1.165, 1.54) is 24.8 Å². The summed E-state index contributed by atoms with van der Waals surface area (Å²) in [5.41, 5.74) is 2.14. The highest BCUT2D eigenvalue weighted by molar-refractivity contribution is 5.63. The van der Waals surface area contributed by atoms with Gasteiger partial charge in [0.2, 0.25) is 0 Å². The lowest BCUT2D eigenvalue weighted by atomic mass is 9.87. The van der Waals surface area contributed by atoms with Gasteiger partial charge in [0.1, 0.15) is 6.10 Å². The molecule has 1 aliphatic carbocycles. The summed E-state index contributed by atoms with van der Waals surface area (Å²) in [6.45, 7) is 13.5. The molecule has 2 aromatic rings. The fraction of sp³-hybridized carbons (Fsp3) is 0.700. The van der Waals surface area contributed by atoms with Crippen molar-refractivity contribution >= 4 is 11.5 Å². The Morgan fingerprint density at radius 3 is 2.48 bits per heavy atom. The van der Waals surface area contributed by atoms with Crippen LogP contribution in [0, 0.1) is 0 Å². The zero-order valence-electron chi connectivity index (χ0n) is 16.3. The van der Waals surface area contributed by atoms with Crippen LogP contribution in [-0.4, -0.2) is 32.3 Å². The molecule has 2 aromatic heterocycles. The lowest BCUT2D eigenvalue weighted by Gasteiger charge is -2.50. The lowest BCUT2D eigenvalue weighted by molar-refractivity contribution is 0.100. The topological polar surface area (TPSA) is 42.7 Å². The number of rotatable bonds is 0. The van der Waals surface area contributed by atoms with E-state index in [-0.39, 0.29) is 17.1 Å². The standard InChI is InChI=1S/C20H30N4O/c1-19(2,3)13-11-21-23-12-16-18(22-17(13)23)24(20(4,5)6)14-9-7-8-10-15(14)25-16/h11-12,14-15H,7-10H2,1-6H3/t14-,15-/m0/s1. The van der Waals surface area contributed by atoms with Crippen molar-refractivity contribution in [2.75, 3.05) is 4.90 Å². The van der Waals surface area contributed by atoms with Gasteiger partial charge in [0, 0.05) is 11.1 Å². The molecule has 2 atom stereocenters. The van der Waals surface area contributed by atoms with Gasteiger partial charge >= 0.3 is 0 Å². The van der Waals surface area contributed by atoms with Crippen molar-refractivity contribution in [2.45, 2.75) is 90.3 Å². The molecule has 0 bridgehead atoms. The van der Waals surface area contributed by atoms with Crippen molar-refractivity contribution in [1.82, 2.24) is 14.6 Å². The van der Waals surface area contributed by atoms with Crippen molar-refractivity contribution < 1.29 is 4.74 Å². The minimum Gasteiger partial charge on any atom is -0.483 e. The number of hydrogen-bond acceptors (Lipinski definition) is 4. The molecule has 1 fully saturated rings. The monoisotopic (exact) mass is 342 g/mol. The molecule has 1 saturated carbocycles. The minimum atomic E-state index is 0.00600. The van der Waals surface area contributed by atoms with Crippen LogP contribution in [0.1, 0.15) is 72.8 Å². The van der Waals surface area contributed by atoms with Crippen LogP contribution in [-0.2, 0) is 5.41 Å². The molecule has 5 heteroatoms. The van der Waals surface area contributed by atoms with Crippen LogP contribution in [0.3, 0.4) is 0 Å². The summed E-state index contributed by atoms with van der Waals surface area (Å²) >= 11 is 0. The summed E-state index contributed by atoms with van der Waals surface area (Å²) in [5, 5.41) is 4.54. The third kappa shape index (κ3) is 2.68. The van der Waals surface area contributed by atoms with E-state index in [9.17, 15) is 0 Å². The zero-order valence-corrected chi connectivity index (χ0v) is 16.3. The molecule has 25 heavy (non-hydrogen) atoms. The second-order valence-electron chi connectivity index (χ2n) is 9.55. The van der Waals surface area contributed by atoms with Gasteiger partial charge in [-0.1, -0.05) is 27.2 Å². The van der Waals surface area contributed by atoms with E-state index >= 15 is 0 Å². The summed E-state index contributed by atoms with van der Waals surface area (Å²) in [4.78, 5) is 7.59. The van der Waals surface area contributed by atoms with Crippen LogP contribution in [0.2, 0.25) is 0 Å². The first-order valence-corrected chi connectivity index (χ1v) is 9.51. The Morgan fingerprint density at radius 1 is 1.08 bits per heavy atom. The van der Waals surface area contributed by atoms with Gasteiger partial charge in [0.15, 0.2) is 17.2 Å². The Morgan fingerprint density at radius 2 is 1.80 bits per heavy atom. The van der Waals surface area contributed by atoms with Crippen LogP contribution in [0.5, 0.6) is 5.75 Å². The third-order valence-electron chi connectivity index (χ3n) is 5.48. The van der Waals surface area contributed by atoms with E-state index in [0.29, 0.717) is 6.04 Å². The summed E-state index contributed by atoms with van der Waals surface area (Å²) in [7, 11) is 0. The van der Waals surface area contributed by atoms with E-state index in [0.717, 1.165) is 23.6 Å². The van der Waals surface area contributed by atoms with Crippen LogP contribution in [0.25, 0.3) is 5.65 Å². The molecular formula is C20H30N4O. The number of ether oxygens (including phenoxy) is 1. The second kappa shape index (κ2) is 5.36. The first-order valence-electron chi connectivity index (χ1n) is 9.51. The van der Waals surface area contributed by atoms with Gasteiger partial charge in [0.05, 0.1) is 18.4 Å². The van der Waals surface area contributed by atoms with Crippen molar-refractivity contribution in [3.8, 4) is 5.75 Å². The summed E-state index contributed by atoms with van der Waals surface area (Å²) in [6, 6.07) is 0.414. The first kappa shape index (κ1) is 16.7. The molecule has 5 nitrogen and oxygen atoms in total. The zero-order chi connectivity index (χ0) is 18.0. The Hall–Kier alpha value is -1.78. The molecule has 0 saturated heterocycles. The van der Waals surface area contributed by atoms with Crippen LogP contribution >= 0.6 is 0 Å². The Bertz CT molecular complexity index is 796. The molecule has 3 heterocycles. The average Bonchev–Trinajstić information content (AvgIpc) is 2.91. The van der Waals surface area contributed by atoms with Gasteiger partial charge in [0.25, 0.3) is 0 Å². The molecule has 0 spiro atoms. The SMILES string of the molecule is CC(C)(C)c1cnn2cc3c(nc12)N(C(C)(C)C)[C@H]1CCCC[C@@H]1O3. The maximum Gasteiger partial charge on any atom is 0.180 e. The Labute approximate surface area is 150 Å². The first-order chi connectivity index (χ1) is 11.7. The summed E-state index contributed by atoms with van der Waals surface area (Å²) in [5.74, 6) is 1.85. The van der Waals surface area contributed by atoms with Gasteiger partial charge in [-0.05, 0) is 45.4 Å². The van der Waals surface area contributed by atoms with Crippen LogP contribution in [0.4, 0.5) is 5.82 Å². The number of hydrogen-bond donors (Lipinski definition) is 0. The number of fused-ring (bicyclic) bond motifs is 3. The minimum absolute atomic E-state index is 0.00600. The fourth-order valence-corrected chi connectivity index (χ4v) is 4.32. The highest BCUT2D eigenvalue weighted by atomic mass is 16.5. The molecule has 0 unspecified atom stereocenters. The lowest BCUT2D eigenvalue weighted by Crippen LogP contribution is -2.58. The number of nitrogens with zero attached hydrogens (tertiary/aromatic N) is 4. The van der Waals surface area contributed by atoms with E-state index in [4.69, 9.17) is 9.72 Å². The molecule has 1 aliphatic heterocycles. The highest BCUT2D eigenvalue weighted by Crippen LogP contribution is 2.43. The molecule has 2 aliphatic rings. The van der Waals surface area contributed by atoms with E-state index in [2.05, 4.69) is 51.5 Å². The predicted molar refractivity (Wildman–Crippen MR) is 101 cm³/mol. The smallest absolute Gasteiger partial charge is 0.180 e. The van der Waals surface area contributed by atoms with Gasteiger partial charge in [-0.25, -0.2) is 9.50 Å². The number of aromatic nitrogens is 3. The molecule has 0 radical (unpaired) electrons. The molecule has 0 N–H and O–H groups in total. The number of anilines is 1. The quantitative estimate of drug-likeness (QED) is 0.714. The normalized spacial score (nSPS) is 24.0. The van der Waals surface area contributed by atoms with Gasteiger partial charge in [-0.3, -0.25) is 0 Å². The maximum atomic E-state index is 6.40. The van der Waals surface area contributed by atoms with Gasteiger partial charge in [-0.2, -0.15) is 5.10 Å². The predicted octanol–water partition coefficient (Wildman–Crippen LogP) is 4.34. The average molecular weight is 342 g/mol. The van der Waals surface area contributed by atoms with Crippen LogP contribution < -0.4 is 9.64 Å². The van der Waals surface area contributed by atoms with E-state index in [1.807, 2.05) is 16.9 Å². The van der Waals surface area contributed by atoms with Crippen molar-refractivity contribution in [3.05, 3.63) is 18.0 Å². The van der Waals surface area contributed by atoms with E-state index < -0.39 is 0 Å². The third-order valence-corrected chi connectivity index (χ3v) is 5.48. The highest BCUT2D eigenvalue weighted by Gasteiger charge is 2.43. The molecular weight excluding hydrogens is 312 g/mol. The molecule has 0 aromatic carbocycles. The van der Waals surface area contributed by atoms with Crippen molar-refractivity contribution in [1.29, 1.82) is 0 Å². The fourth-order valence-electron chi connectivity index (χ4n) is 4.32. The second-order valence-corrected chi connectivity index (χ2v) is 9.55. The Balaban J connectivity index is 1.92. The van der Waals surface area contributed by atoms with Crippen LogP contribution in [0.15, 0.2) is 12.4 Å². The largest absolute Gasteiger partial charge is 0.483 e. The van der Waals surface area contributed by atoms with E-state index in [1.54, 1.807) is 0 Å². The van der Waals surface area contributed by atoms with Gasteiger partial charge < -0.3 is 9.64 Å². The summed E-state index contributed by atoms with van der Waals surface area (Å²) < 4.78 is 8.28. The molecule has 4 rings (SSSR count). The Kier molecular flexibility index (Phi) is 3.57. The van der Waals surface area contributed by atoms with Crippen molar-refractivity contribution in [2.24, 2.45) is 0 Å². The maximum absolute atomic E-state index is 6.40. The summed E-state index contributed by atoms with van der Waals surface area (Å²) in [6.07, 6.45) is 9.06.